The van der Waals surface area contributed by atoms with E-state index >= 15 is 0 Å². The molecule has 0 saturated carbocycles. The molecule has 0 aromatic rings. The quantitative estimate of drug-likeness (QED) is 0.776. The summed E-state index contributed by atoms with van der Waals surface area (Å²) in [7, 11) is 0. The number of nitrogens with one attached hydrogen (secondary N) is 1. The number of carbonyl (C=O) groups excluding carboxylic acids is 1. The fourth-order valence-electron chi connectivity index (χ4n) is 1.94. The Balaban J connectivity index is 2.42. The first kappa shape index (κ1) is 13.5. The summed E-state index contributed by atoms with van der Waals surface area (Å²) in [6.45, 7) is 10.5. The van der Waals surface area contributed by atoms with Crippen molar-refractivity contribution in [1.29, 1.82) is 0 Å². The monoisotopic (exact) mass is 228 g/mol. The average molecular weight is 228 g/mol. The van der Waals surface area contributed by atoms with Crippen LogP contribution in [0.25, 0.3) is 0 Å². The molecule has 1 atom stereocenters. The van der Waals surface area contributed by atoms with E-state index in [0.717, 1.165) is 39.3 Å². The molecule has 0 unspecified atom stereocenters. The predicted molar refractivity (Wildman–Crippen MR) is 64.3 cm³/mol. The Morgan fingerprint density at radius 3 is 2.75 bits per heavy atom. The van der Waals surface area contributed by atoms with Gasteiger partial charge >= 0.3 is 0 Å². The van der Waals surface area contributed by atoms with Crippen LogP contribution in [0.15, 0.2) is 0 Å². The molecule has 0 radical (unpaired) electrons. The van der Waals surface area contributed by atoms with Crippen LogP contribution in [-0.4, -0.2) is 49.7 Å². The standard InChI is InChI=1S/C12H24N2O2/c1-10(2)12(13-11(3)15)9-14-5-4-7-16-8-6-14/h10,12H,4-9H2,1-3H3,(H,13,15)/t12-/m0/s1. The SMILES string of the molecule is CC(=O)N[C@@H](CN1CCCOCC1)C(C)C. The molecule has 1 fully saturated rings. The normalized spacial score (nSPS) is 20.5. The van der Waals surface area contributed by atoms with Crippen molar-refractivity contribution in [2.75, 3.05) is 32.8 Å². The topological polar surface area (TPSA) is 41.6 Å². The van der Waals surface area contributed by atoms with Gasteiger partial charge in [0.1, 0.15) is 0 Å². The molecule has 4 heteroatoms. The van der Waals surface area contributed by atoms with Crippen LogP contribution in [-0.2, 0) is 9.53 Å². The Morgan fingerprint density at radius 2 is 2.12 bits per heavy atom. The van der Waals surface area contributed by atoms with Gasteiger partial charge in [-0.05, 0) is 12.3 Å². The van der Waals surface area contributed by atoms with Gasteiger partial charge in [0.05, 0.1) is 6.61 Å². The summed E-state index contributed by atoms with van der Waals surface area (Å²) in [4.78, 5) is 13.5. The van der Waals surface area contributed by atoms with Crippen LogP contribution in [0.1, 0.15) is 27.2 Å². The molecule has 94 valence electrons. The van der Waals surface area contributed by atoms with Crippen molar-refractivity contribution in [3.63, 3.8) is 0 Å². The molecule has 4 nitrogen and oxygen atoms in total. The fourth-order valence-corrected chi connectivity index (χ4v) is 1.94. The van der Waals surface area contributed by atoms with E-state index in [1.807, 2.05) is 0 Å². The molecule has 0 aromatic heterocycles. The maximum atomic E-state index is 11.1. The minimum atomic E-state index is 0.0600. The molecule has 1 amide bonds. The lowest BCUT2D eigenvalue weighted by Gasteiger charge is -2.28. The molecule has 1 N–H and O–H groups in total. The number of hydrogen-bond acceptors (Lipinski definition) is 3. The van der Waals surface area contributed by atoms with E-state index in [1.54, 1.807) is 6.92 Å². The zero-order valence-corrected chi connectivity index (χ0v) is 10.7. The Labute approximate surface area is 98.3 Å². The lowest BCUT2D eigenvalue weighted by atomic mass is 10.0. The Bertz CT molecular complexity index is 211. The average Bonchev–Trinajstić information content (AvgIpc) is 2.44. The van der Waals surface area contributed by atoms with Crippen molar-refractivity contribution in [3.8, 4) is 0 Å². The van der Waals surface area contributed by atoms with Crippen molar-refractivity contribution >= 4 is 5.91 Å². The second kappa shape index (κ2) is 6.86. The summed E-state index contributed by atoms with van der Waals surface area (Å²) in [6.07, 6.45) is 1.09. The highest BCUT2D eigenvalue weighted by Gasteiger charge is 2.19. The third kappa shape index (κ3) is 4.94. The molecule has 16 heavy (non-hydrogen) atoms. The number of nitrogens with zero attached hydrogens (tertiary/aromatic N) is 1. The molecule has 0 aliphatic carbocycles. The fraction of sp³-hybridized carbons (Fsp3) is 0.917. The second-order valence-electron chi connectivity index (χ2n) is 4.82. The summed E-state index contributed by atoms with van der Waals surface area (Å²) in [5.41, 5.74) is 0. The lowest BCUT2D eigenvalue weighted by Crippen LogP contribution is -2.46. The predicted octanol–water partition coefficient (Wildman–Crippen LogP) is 0.869. The van der Waals surface area contributed by atoms with Crippen LogP contribution in [0.5, 0.6) is 0 Å². The van der Waals surface area contributed by atoms with Gasteiger partial charge in [-0.2, -0.15) is 0 Å². The molecule has 1 heterocycles. The van der Waals surface area contributed by atoms with Gasteiger partial charge in [0.25, 0.3) is 0 Å². The second-order valence-corrected chi connectivity index (χ2v) is 4.82. The number of rotatable bonds is 4. The molecule has 1 rings (SSSR count). The van der Waals surface area contributed by atoms with Crippen molar-refractivity contribution in [2.24, 2.45) is 5.92 Å². The van der Waals surface area contributed by atoms with Crippen LogP contribution >= 0.6 is 0 Å². The number of amides is 1. The number of ether oxygens (including phenoxy) is 1. The van der Waals surface area contributed by atoms with E-state index < -0.39 is 0 Å². The minimum Gasteiger partial charge on any atom is -0.380 e. The Kier molecular flexibility index (Phi) is 5.77. The van der Waals surface area contributed by atoms with Gasteiger partial charge < -0.3 is 10.1 Å². The zero-order valence-electron chi connectivity index (χ0n) is 10.7. The maximum Gasteiger partial charge on any atom is 0.217 e. The van der Waals surface area contributed by atoms with E-state index in [-0.39, 0.29) is 11.9 Å². The van der Waals surface area contributed by atoms with Gasteiger partial charge in [-0.1, -0.05) is 13.8 Å². The summed E-state index contributed by atoms with van der Waals surface area (Å²) >= 11 is 0. The summed E-state index contributed by atoms with van der Waals surface area (Å²) in [6, 6.07) is 0.246. The van der Waals surface area contributed by atoms with Crippen molar-refractivity contribution in [3.05, 3.63) is 0 Å². The van der Waals surface area contributed by atoms with Crippen LogP contribution in [0.4, 0.5) is 0 Å². The number of carbonyl (C=O) groups is 1. The van der Waals surface area contributed by atoms with Gasteiger partial charge in [-0.15, -0.1) is 0 Å². The molecular formula is C12H24N2O2. The summed E-state index contributed by atoms with van der Waals surface area (Å²) in [5.74, 6) is 0.526. The van der Waals surface area contributed by atoms with Gasteiger partial charge in [0, 0.05) is 39.2 Å². The largest absolute Gasteiger partial charge is 0.380 e. The highest BCUT2D eigenvalue weighted by molar-refractivity contribution is 5.73. The summed E-state index contributed by atoms with van der Waals surface area (Å²) in [5, 5.41) is 3.03. The van der Waals surface area contributed by atoms with E-state index in [4.69, 9.17) is 4.74 Å². The molecule has 1 saturated heterocycles. The molecule has 0 aromatic carbocycles. The zero-order chi connectivity index (χ0) is 12.0. The third-order valence-electron chi connectivity index (χ3n) is 2.96. The van der Waals surface area contributed by atoms with E-state index in [1.165, 1.54) is 0 Å². The number of hydrogen-bond donors (Lipinski definition) is 1. The molecule has 0 spiro atoms. The smallest absolute Gasteiger partial charge is 0.217 e. The van der Waals surface area contributed by atoms with Crippen LogP contribution in [0, 0.1) is 5.92 Å². The van der Waals surface area contributed by atoms with Crippen molar-refractivity contribution < 1.29 is 9.53 Å². The van der Waals surface area contributed by atoms with Gasteiger partial charge in [-0.25, -0.2) is 0 Å². The van der Waals surface area contributed by atoms with Crippen molar-refractivity contribution in [1.82, 2.24) is 10.2 Å². The first-order valence-electron chi connectivity index (χ1n) is 6.17. The Morgan fingerprint density at radius 1 is 1.38 bits per heavy atom. The van der Waals surface area contributed by atoms with E-state index in [0.29, 0.717) is 5.92 Å². The first-order valence-corrected chi connectivity index (χ1v) is 6.17. The molecular weight excluding hydrogens is 204 g/mol. The molecule has 1 aliphatic rings. The van der Waals surface area contributed by atoms with Gasteiger partial charge in [0.15, 0.2) is 0 Å². The van der Waals surface area contributed by atoms with E-state index in [2.05, 4.69) is 24.1 Å². The van der Waals surface area contributed by atoms with E-state index in [9.17, 15) is 4.79 Å². The van der Waals surface area contributed by atoms with Gasteiger partial charge in [0.2, 0.25) is 5.91 Å². The third-order valence-corrected chi connectivity index (χ3v) is 2.96. The molecule has 1 aliphatic heterocycles. The summed E-state index contributed by atoms with van der Waals surface area (Å²) < 4.78 is 5.42. The minimum absolute atomic E-state index is 0.0600. The maximum absolute atomic E-state index is 11.1. The van der Waals surface area contributed by atoms with Crippen LogP contribution in [0.3, 0.4) is 0 Å². The first-order chi connectivity index (χ1) is 7.59. The lowest BCUT2D eigenvalue weighted by molar-refractivity contribution is -0.120. The van der Waals surface area contributed by atoms with Crippen molar-refractivity contribution in [2.45, 2.75) is 33.2 Å². The van der Waals surface area contributed by atoms with Gasteiger partial charge in [-0.3, -0.25) is 9.69 Å². The highest BCUT2D eigenvalue weighted by atomic mass is 16.5. The van der Waals surface area contributed by atoms with Crippen LogP contribution < -0.4 is 5.32 Å². The Hall–Kier alpha value is -0.610. The molecule has 0 bridgehead atoms. The van der Waals surface area contributed by atoms with Crippen LogP contribution in [0.2, 0.25) is 0 Å². The highest BCUT2D eigenvalue weighted by Crippen LogP contribution is 2.07.